The molecular weight excluding hydrogens is 629 g/mol. The zero-order valence-corrected chi connectivity index (χ0v) is 22.9. The van der Waals surface area contributed by atoms with Crippen molar-refractivity contribution in [3.8, 4) is 10.6 Å². The van der Waals surface area contributed by atoms with Gasteiger partial charge in [0.2, 0.25) is 5.91 Å². The lowest BCUT2D eigenvalue weighted by Crippen LogP contribution is -2.33. The zero-order chi connectivity index (χ0) is 23.5. The van der Waals surface area contributed by atoms with Crippen LogP contribution in [0.5, 0.6) is 0 Å². The summed E-state index contributed by atoms with van der Waals surface area (Å²) in [4.78, 5) is 17.1. The smallest absolute Gasteiger partial charge is 0.250 e. The number of halogens is 4. The van der Waals surface area contributed by atoms with Crippen molar-refractivity contribution >= 4 is 112 Å². The van der Waals surface area contributed by atoms with Crippen molar-refractivity contribution in [1.29, 1.82) is 0 Å². The van der Waals surface area contributed by atoms with Gasteiger partial charge in [0, 0.05) is 30.6 Å². The highest BCUT2D eigenvalue weighted by atomic mass is 79.9. The standard InChI is InChI=1S/C23H13Br2Cl2N3OS2/c24-13-9-15(22-28-18-3-1-2-4-19(18)33-22)21(16(25)10-13)30-23(32)29-20(31)8-6-12-5-7-14(26)11-17(12)27/h1-11H,(H2,29,30,31,32)/b8-6+. The van der Waals surface area contributed by atoms with Crippen molar-refractivity contribution in [2.75, 3.05) is 5.32 Å². The van der Waals surface area contributed by atoms with Gasteiger partial charge in [0.05, 0.1) is 15.9 Å². The molecule has 3 aromatic carbocycles. The molecule has 0 atom stereocenters. The van der Waals surface area contributed by atoms with Gasteiger partial charge in [-0.25, -0.2) is 4.98 Å². The molecule has 0 fully saturated rings. The molecule has 0 unspecified atom stereocenters. The molecular formula is C23H13Br2Cl2N3OS2. The molecule has 1 heterocycles. The number of nitrogens with one attached hydrogen (secondary N) is 2. The fourth-order valence-corrected chi connectivity index (χ4v) is 5.94. The molecule has 0 aliphatic heterocycles. The van der Waals surface area contributed by atoms with Gasteiger partial charge < -0.3 is 5.32 Å². The Morgan fingerprint density at radius 2 is 1.88 bits per heavy atom. The first-order valence-corrected chi connectivity index (χ1v) is 13.0. The summed E-state index contributed by atoms with van der Waals surface area (Å²) in [5, 5.41) is 7.72. The van der Waals surface area contributed by atoms with Crippen molar-refractivity contribution < 1.29 is 4.79 Å². The molecule has 10 heteroatoms. The van der Waals surface area contributed by atoms with Crippen molar-refractivity contribution in [1.82, 2.24) is 10.3 Å². The largest absolute Gasteiger partial charge is 0.331 e. The number of para-hydroxylation sites is 1. The van der Waals surface area contributed by atoms with Crippen molar-refractivity contribution in [2.45, 2.75) is 0 Å². The molecule has 2 N–H and O–H groups in total. The number of amides is 1. The van der Waals surface area contributed by atoms with Gasteiger partial charge in [-0.15, -0.1) is 11.3 Å². The quantitative estimate of drug-likeness (QED) is 0.174. The zero-order valence-electron chi connectivity index (χ0n) is 16.5. The van der Waals surface area contributed by atoms with Crippen LogP contribution in [-0.2, 0) is 4.79 Å². The van der Waals surface area contributed by atoms with Crippen LogP contribution >= 0.6 is 78.6 Å². The summed E-state index contributed by atoms with van der Waals surface area (Å²) in [5.41, 5.74) is 3.13. The molecule has 4 aromatic rings. The molecule has 4 nitrogen and oxygen atoms in total. The normalized spacial score (nSPS) is 11.2. The average Bonchev–Trinajstić information content (AvgIpc) is 3.19. The molecule has 0 radical (unpaired) electrons. The Kier molecular flexibility index (Phi) is 7.83. The number of hydrogen-bond acceptors (Lipinski definition) is 4. The molecule has 166 valence electrons. The number of benzene rings is 3. The van der Waals surface area contributed by atoms with E-state index in [4.69, 9.17) is 40.4 Å². The second-order valence-electron chi connectivity index (χ2n) is 6.74. The van der Waals surface area contributed by atoms with Crippen molar-refractivity contribution in [3.05, 3.63) is 85.2 Å². The Bertz CT molecular complexity index is 1390. The van der Waals surface area contributed by atoms with Gasteiger partial charge in [0.15, 0.2) is 5.11 Å². The summed E-state index contributed by atoms with van der Waals surface area (Å²) >= 11 is 26.1. The molecule has 0 saturated heterocycles. The number of carbonyl (C=O) groups excluding carboxylic acids is 1. The molecule has 0 aliphatic carbocycles. The number of hydrogen-bond donors (Lipinski definition) is 2. The Hall–Kier alpha value is -1.81. The van der Waals surface area contributed by atoms with E-state index in [0.717, 1.165) is 29.7 Å². The van der Waals surface area contributed by atoms with Crippen molar-refractivity contribution in [2.24, 2.45) is 0 Å². The second kappa shape index (κ2) is 10.6. The summed E-state index contributed by atoms with van der Waals surface area (Å²) in [6.07, 6.45) is 2.95. The van der Waals surface area contributed by atoms with Crippen LogP contribution < -0.4 is 10.6 Å². The van der Waals surface area contributed by atoms with Crippen LogP contribution in [0.2, 0.25) is 10.0 Å². The highest BCUT2D eigenvalue weighted by molar-refractivity contribution is 9.11. The van der Waals surface area contributed by atoms with Crippen LogP contribution in [0.3, 0.4) is 0 Å². The van der Waals surface area contributed by atoms with Crippen LogP contribution in [0.4, 0.5) is 5.69 Å². The first-order valence-electron chi connectivity index (χ1n) is 9.40. The average molecular weight is 642 g/mol. The first-order chi connectivity index (χ1) is 15.8. The Balaban J connectivity index is 1.54. The number of anilines is 1. The molecule has 0 spiro atoms. The van der Waals surface area contributed by atoms with E-state index >= 15 is 0 Å². The van der Waals surface area contributed by atoms with E-state index in [0.29, 0.717) is 21.3 Å². The van der Waals surface area contributed by atoms with Gasteiger partial charge in [0.1, 0.15) is 5.01 Å². The van der Waals surface area contributed by atoms with E-state index in [-0.39, 0.29) is 5.11 Å². The second-order valence-corrected chi connectivity index (χ2v) is 10.8. The predicted octanol–water partition coefficient (Wildman–Crippen LogP) is 8.32. The Morgan fingerprint density at radius 1 is 1.09 bits per heavy atom. The van der Waals surface area contributed by atoms with Crippen molar-refractivity contribution in [3.63, 3.8) is 0 Å². The first kappa shape index (κ1) is 24.3. The van der Waals surface area contributed by atoms with E-state index in [1.54, 1.807) is 35.6 Å². The van der Waals surface area contributed by atoms with E-state index < -0.39 is 5.91 Å². The molecule has 33 heavy (non-hydrogen) atoms. The number of carbonyl (C=O) groups is 1. The molecule has 4 rings (SSSR count). The maximum absolute atomic E-state index is 12.4. The van der Waals surface area contributed by atoms with Gasteiger partial charge in [-0.2, -0.15) is 0 Å². The van der Waals surface area contributed by atoms with Gasteiger partial charge in [-0.3, -0.25) is 10.1 Å². The third-order valence-corrected chi connectivity index (χ3v) is 7.35. The van der Waals surface area contributed by atoms with Gasteiger partial charge in [-0.1, -0.05) is 57.3 Å². The summed E-state index contributed by atoms with van der Waals surface area (Å²) < 4.78 is 2.73. The third kappa shape index (κ3) is 6.01. The minimum absolute atomic E-state index is 0.150. The highest BCUT2D eigenvalue weighted by Gasteiger charge is 2.16. The Morgan fingerprint density at radius 3 is 2.64 bits per heavy atom. The SMILES string of the molecule is O=C(/C=C/c1ccc(Cl)cc1Cl)NC(=S)Nc1c(Br)cc(Br)cc1-c1nc2ccccc2s1. The minimum atomic E-state index is -0.395. The lowest BCUT2D eigenvalue weighted by molar-refractivity contribution is -0.115. The predicted molar refractivity (Wildman–Crippen MR) is 150 cm³/mol. The fraction of sp³-hybridized carbons (Fsp3) is 0. The highest BCUT2D eigenvalue weighted by Crippen LogP contribution is 2.40. The molecule has 0 bridgehead atoms. The summed E-state index contributed by atoms with van der Waals surface area (Å²) in [6, 6.07) is 16.8. The number of thiocarbonyl (C=S) groups is 1. The van der Waals surface area contributed by atoms with E-state index in [1.807, 2.05) is 36.4 Å². The maximum Gasteiger partial charge on any atom is 0.250 e. The molecule has 1 amide bonds. The van der Waals surface area contributed by atoms with E-state index in [1.165, 1.54) is 6.08 Å². The van der Waals surface area contributed by atoms with Crippen LogP contribution in [0.15, 0.2) is 69.6 Å². The van der Waals surface area contributed by atoms with Gasteiger partial charge >= 0.3 is 0 Å². The molecule has 0 saturated carbocycles. The number of thiazole rings is 1. The number of nitrogens with zero attached hydrogens (tertiary/aromatic N) is 1. The van der Waals surface area contributed by atoms with Crippen LogP contribution in [0, 0.1) is 0 Å². The monoisotopic (exact) mass is 639 g/mol. The minimum Gasteiger partial charge on any atom is -0.331 e. The lowest BCUT2D eigenvalue weighted by atomic mass is 10.2. The van der Waals surface area contributed by atoms with E-state index in [9.17, 15) is 4.79 Å². The number of fused-ring (bicyclic) bond motifs is 1. The van der Waals surface area contributed by atoms with E-state index in [2.05, 4.69) is 42.5 Å². The van der Waals surface area contributed by atoms with Crippen LogP contribution in [-0.4, -0.2) is 16.0 Å². The number of rotatable bonds is 4. The third-order valence-electron chi connectivity index (χ3n) is 4.43. The van der Waals surface area contributed by atoms with Gasteiger partial charge in [0.25, 0.3) is 0 Å². The van der Waals surface area contributed by atoms with Crippen LogP contribution in [0.25, 0.3) is 26.9 Å². The number of aromatic nitrogens is 1. The summed E-state index contributed by atoms with van der Waals surface area (Å²) in [6.45, 7) is 0. The maximum atomic E-state index is 12.4. The fourth-order valence-electron chi connectivity index (χ4n) is 2.96. The molecule has 0 aliphatic rings. The Labute approximate surface area is 226 Å². The van der Waals surface area contributed by atoms with Gasteiger partial charge in [-0.05, 0) is 76.2 Å². The topological polar surface area (TPSA) is 54.0 Å². The summed E-state index contributed by atoms with van der Waals surface area (Å²) in [5.74, 6) is -0.395. The van der Waals surface area contributed by atoms with Crippen LogP contribution in [0.1, 0.15) is 5.56 Å². The lowest BCUT2D eigenvalue weighted by Gasteiger charge is -2.14. The molecule has 1 aromatic heterocycles. The summed E-state index contributed by atoms with van der Waals surface area (Å²) in [7, 11) is 0.